The summed E-state index contributed by atoms with van der Waals surface area (Å²) in [7, 11) is 1.79. The molecule has 0 saturated carbocycles. The van der Waals surface area contributed by atoms with Crippen molar-refractivity contribution in [2.24, 2.45) is 4.99 Å². The van der Waals surface area contributed by atoms with Crippen LogP contribution in [0.15, 0.2) is 35.5 Å². The quantitative estimate of drug-likeness (QED) is 0.405. The summed E-state index contributed by atoms with van der Waals surface area (Å²) in [5.41, 5.74) is 0.978. The molecule has 26 heavy (non-hydrogen) atoms. The van der Waals surface area contributed by atoms with Crippen LogP contribution in [0.2, 0.25) is 0 Å². The van der Waals surface area contributed by atoms with Gasteiger partial charge < -0.3 is 15.0 Å². The van der Waals surface area contributed by atoms with Gasteiger partial charge in [-0.2, -0.15) is 0 Å². The van der Waals surface area contributed by atoms with Gasteiger partial charge in [0.1, 0.15) is 11.9 Å². The number of hydrogen-bond donors (Lipinski definition) is 1. The van der Waals surface area contributed by atoms with Crippen LogP contribution in [-0.2, 0) is 11.3 Å². The molecule has 1 fully saturated rings. The summed E-state index contributed by atoms with van der Waals surface area (Å²) in [4.78, 5) is 12.1. The normalized spacial score (nSPS) is 20.6. The number of morpholine rings is 1. The molecule has 0 bridgehead atoms. The van der Waals surface area contributed by atoms with Crippen molar-refractivity contribution in [1.29, 1.82) is 0 Å². The summed E-state index contributed by atoms with van der Waals surface area (Å²) in [6, 6.07) is 6.52. The summed E-state index contributed by atoms with van der Waals surface area (Å²) in [6.45, 7) is 6.18. The Kier molecular flexibility index (Phi) is 7.78. The van der Waals surface area contributed by atoms with Gasteiger partial charge in [0.15, 0.2) is 5.96 Å². The standard InChI is InChI=1S/C18H23FN4OS.HI/c1-12-10-23(11-17(24-12)14-4-6-15(19)7-5-14)18(20-3)22-9-16-8-21-13(2)25-16;/h4-8,12,17H,9-11H2,1-3H3,(H,20,22);1H. The van der Waals surface area contributed by atoms with E-state index in [-0.39, 0.29) is 42.0 Å². The van der Waals surface area contributed by atoms with Crippen LogP contribution in [0.1, 0.15) is 28.5 Å². The van der Waals surface area contributed by atoms with Crippen LogP contribution < -0.4 is 5.32 Å². The van der Waals surface area contributed by atoms with Crippen molar-refractivity contribution >= 4 is 41.3 Å². The lowest BCUT2D eigenvalue weighted by Gasteiger charge is -2.38. The maximum atomic E-state index is 13.2. The number of hydrogen-bond acceptors (Lipinski definition) is 4. The minimum Gasteiger partial charge on any atom is -0.367 e. The topological polar surface area (TPSA) is 49.8 Å². The Labute approximate surface area is 174 Å². The van der Waals surface area contributed by atoms with Gasteiger partial charge in [0, 0.05) is 24.7 Å². The fourth-order valence-corrected chi connectivity index (χ4v) is 3.71. The van der Waals surface area contributed by atoms with Crippen LogP contribution in [-0.4, -0.2) is 42.1 Å². The molecule has 1 N–H and O–H groups in total. The molecule has 2 heterocycles. The molecular formula is C18H24FIN4OS. The summed E-state index contributed by atoms with van der Waals surface area (Å²) in [6.07, 6.45) is 1.85. The van der Waals surface area contributed by atoms with E-state index in [9.17, 15) is 4.39 Å². The number of benzene rings is 1. The zero-order chi connectivity index (χ0) is 17.8. The van der Waals surface area contributed by atoms with Crippen LogP contribution in [0.5, 0.6) is 0 Å². The largest absolute Gasteiger partial charge is 0.367 e. The Morgan fingerprint density at radius 1 is 1.38 bits per heavy atom. The zero-order valence-electron chi connectivity index (χ0n) is 15.1. The average Bonchev–Trinajstić information content (AvgIpc) is 3.01. The van der Waals surface area contributed by atoms with Gasteiger partial charge in [-0.25, -0.2) is 9.37 Å². The first kappa shape index (κ1) is 21.0. The lowest BCUT2D eigenvalue weighted by molar-refractivity contribution is -0.0605. The Hall–Kier alpha value is -1.26. The number of aromatic nitrogens is 1. The Morgan fingerprint density at radius 3 is 2.73 bits per heavy atom. The molecule has 5 nitrogen and oxygen atoms in total. The van der Waals surface area contributed by atoms with Gasteiger partial charge in [0.05, 0.1) is 24.2 Å². The van der Waals surface area contributed by atoms with Gasteiger partial charge in [-0.05, 0) is 31.5 Å². The highest BCUT2D eigenvalue weighted by Gasteiger charge is 2.28. The summed E-state index contributed by atoms with van der Waals surface area (Å²) in [5.74, 6) is 0.607. The van der Waals surface area contributed by atoms with E-state index in [4.69, 9.17) is 4.74 Å². The zero-order valence-corrected chi connectivity index (χ0v) is 18.3. The third kappa shape index (κ3) is 5.37. The lowest BCUT2D eigenvalue weighted by atomic mass is 10.1. The van der Waals surface area contributed by atoms with Crippen molar-refractivity contribution in [2.45, 2.75) is 32.6 Å². The number of rotatable bonds is 3. The fraction of sp³-hybridized carbons (Fsp3) is 0.444. The van der Waals surface area contributed by atoms with Crippen LogP contribution in [0.3, 0.4) is 0 Å². The van der Waals surface area contributed by atoms with E-state index in [1.54, 1.807) is 30.5 Å². The lowest BCUT2D eigenvalue weighted by Crippen LogP contribution is -2.50. The molecule has 0 aliphatic carbocycles. The first-order chi connectivity index (χ1) is 12.0. The number of aliphatic imine (C=N–C) groups is 1. The molecule has 2 aromatic rings. The van der Waals surface area contributed by atoms with Crippen LogP contribution >= 0.6 is 35.3 Å². The molecule has 2 unspecified atom stereocenters. The first-order valence-corrected chi connectivity index (χ1v) is 9.14. The molecule has 1 aliphatic rings. The maximum absolute atomic E-state index is 13.2. The highest BCUT2D eigenvalue weighted by atomic mass is 127. The number of ether oxygens (including phenoxy) is 1. The van der Waals surface area contributed by atoms with Crippen molar-refractivity contribution < 1.29 is 9.13 Å². The molecule has 2 atom stereocenters. The SMILES string of the molecule is CN=C(NCc1cnc(C)s1)N1CC(C)OC(c2ccc(F)cc2)C1.I. The summed E-state index contributed by atoms with van der Waals surface area (Å²) < 4.78 is 19.2. The predicted molar refractivity (Wildman–Crippen MR) is 114 cm³/mol. The molecule has 1 saturated heterocycles. The fourth-order valence-electron chi connectivity index (χ4n) is 2.97. The van der Waals surface area contributed by atoms with Crippen molar-refractivity contribution in [3.8, 4) is 0 Å². The highest BCUT2D eigenvalue weighted by molar-refractivity contribution is 14.0. The van der Waals surface area contributed by atoms with Gasteiger partial charge in [-0.15, -0.1) is 35.3 Å². The van der Waals surface area contributed by atoms with Crippen LogP contribution in [0.25, 0.3) is 0 Å². The first-order valence-electron chi connectivity index (χ1n) is 8.33. The maximum Gasteiger partial charge on any atom is 0.194 e. The van der Waals surface area contributed by atoms with Crippen LogP contribution in [0, 0.1) is 12.7 Å². The molecule has 0 amide bonds. The van der Waals surface area contributed by atoms with E-state index in [2.05, 4.69) is 20.2 Å². The van der Waals surface area contributed by atoms with Gasteiger partial charge >= 0.3 is 0 Å². The number of thiazole rings is 1. The Bertz CT molecular complexity index is 737. The van der Waals surface area contributed by atoms with E-state index < -0.39 is 0 Å². The number of aryl methyl sites for hydroxylation is 1. The number of nitrogens with one attached hydrogen (secondary N) is 1. The van der Waals surface area contributed by atoms with Crippen molar-refractivity contribution in [1.82, 2.24) is 15.2 Å². The molecule has 1 aromatic heterocycles. The van der Waals surface area contributed by atoms with E-state index in [0.29, 0.717) is 13.1 Å². The second kappa shape index (κ2) is 9.61. The van der Waals surface area contributed by atoms with E-state index >= 15 is 0 Å². The third-order valence-electron chi connectivity index (χ3n) is 4.10. The molecule has 3 rings (SSSR count). The molecule has 1 aromatic carbocycles. The van der Waals surface area contributed by atoms with E-state index in [1.165, 1.54) is 17.0 Å². The number of guanidine groups is 1. The van der Waals surface area contributed by atoms with Crippen LogP contribution in [0.4, 0.5) is 4.39 Å². The molecule has 0 spiro atoms. The minimum absolute atomic E-state index is 0. The average molecular weight is 490 g/mol. The smallest absolute Gasteiger partial charge is 0.194 e. The van der Waals surface area contributed by atoms with Gasteiger partial charge in [-0.1, -0.05) is 12.1 Å². The van der Waals surface area contributed by atoms with Crippen molar-refractivity contribution in [3.05, 3.63) is 51.7 Å². The second-order valence-corrected chi connectivity index (χ2v) is 7.46. The van der Waals surface area contributed by atoms with Gasteiger partial charge in [0.25, 0.3) is 0 Å². The second-order valence-electron chi connectivity index (χ2n) is 6.14. The Morgan fingerprint density at radius 2 is 2.12 bits per heavy atom. The number of halogens is 2. The molecule has 8 heteroatoms. The molecule has 0 radical (unpaired) electrons. The van der Waals surface area contributed by atoms with Gasteiger partial charge in [-0.3, -0.25) is 4.99 Å². The van der Waals surface area contributed by atoms with Crippen molar-refractivity contribution in [3.63, 3.8) is 0 Å². The summed E-state index contributed by atoms with van der Waals surface area (Å²) >= 11 is 1.68. The van der Waals surface area contributed by atoms with Gasteiger partial charge in [0.2, 0.25) is 0 Å². The molecule has 142 valence electrons. The van der Waals surface area contributed by atoms with E-state index in [1.807, 2.05) is 20.0 Å². The monoisotopic (exact) mass is 490 g/mol. The van der Waals surface area contributed by atoms with Crippen molar-refractivity contribution in [2.75, 3.05) is 20.1 Å². The van der Waals surface area contributed by atoms with E-state index in [0.717, 1.165) is 23.1 Å². The molecular weight excluding hydrogens is 466 g/mol. The summed E-state index contributed by atoms with van der Waals surface area (Å²) in [5, 5.41) is 4.46. The Balaban J connectivity index is 0.00000243. The number of nitrogens with zero attached hydrogens (tertiary/aromatic N) is 3. The third-order valence-corrected chi connectivity index (χ3v) is 5.02. The molecule has 1 aliphatic heterocycles. The highest BCUT2D eigenvalue weighted by Crippen LogP contribution is 2.25. The minimum atomic E-state index is -0.234. The predicted octanol–water partition coefficient (Wildman–Crippen LogP) is 3.75.